The number of hydrogen-bond acceptors (Lipinski definition) is 5. The fourth-order valence-electron chi connectivity index (χ4n) is 1.99. The van der Waals surface area contributed by atoms with Crippen LogP contribution < -0.4 is 4.72 Å². The van der Waals surface area contributed by atoms with Gasteiger partial charge in [-0.3, -0.25) is 4.72 Å². The molecule has 3 aromatic heterocycles. The molecule has 3 rings (SSSR count). The standard InChI is InChI=1S/C14H12ClN5O2S/c1-10-7-13(15)16-9-12(10)23(21,22)19-11-3-4-14(17-8-11)20-6-2-5-18-20/h2-9,19H,1H3. The highest BCUT2D eigenvalue weighted by Crippen LogP contribution is 2.20. The van der Waals surface area contributed by atoms with Gasteiger partial charge >= 0.3 is 0 Å². The second-order valence-electron chi connectivity index (χ2n) is 4.73. The van der Waals surface area contributed by atoms with Gasteiger partial charge in [0.15, 0.2) is 5.82 Å². The van der Waals surface area contributed by atoms with E-state index >= 15 is 0 Å². The van der Waals surface area contributed by atoms with Crippen LogP contribution in [0, 0.1) is 6.92 Å². The van der Waals surface area contributed by atoms with Gasteiger partial charge in [0.1, 0.15) is 10.0 Å². The van der Waals surface area contributed by atoms with Crippen molar-refractivity contribution in [2.45, 2.75) is 11.8 Å². The lowest BCUT2D eigenvalue weighted by molar-refractivity contribution is 0.600. The van der Waals surface area contributed by atoms with E-state index < -0.39 is 10.0 Å². The van der Waals surface area contributed by atoms with Gasteiger partial charge in [-0.05, 0) is 36.8 Å². The molecule has 0 unspecified atom stereocenters. The van der Waals surface area contributed by atoms with E-state index in [1.54, 1.807) is 42.2 Å². The zero-order chi connectivity index (χ0) is 16.4. The molecule has 0 radical (unpaired) electrons. The summed E-state index contributed by atoms with van der Waals surface area (Å²) in [5.41, 5.74) is 0.855. The molecular weight excluding hydrogens is 338 g/mol. The number of nitrogens with one attached hydrogen (secondary N) is 1. The van der Waals surface area contributed by atoms with Crippen LogP contribution in [0.5, 0.6) is 0 Å². The minimum Gasteiger partial charge on any atom is -0.278 e. The minimum absolute atomic E-state index is 0.0676. The zero-order valence-corrected chi connectivity index (χ0v) is 13.6. The van der Waals surface area contributed by atoms with Gasteiger partial charge in [-0.25, -0.2) is 23.1 Å². The molecule has 23 heavy (non-hydrogen) atoms. The molecule has 0 spiro atoms. The number of aryl methyl sites for hydroxylation is 1. The van der Waals surface area contributed by atoms with Gasteiger partial charge in [0.25, 0.3) is 10.0 Å². The molecule has 0 amide bonds. The van der Waals surface area contributed by atoms with Crippen molar-refractivity contribution >= 4 is 27.3 Å². The summed E-state index contributed by atoms with van der Waals surface area (Å²) in [6, 6.07) is 6.54. The largest absolute Gasteiger partial charge is 0.278 e. The molecule has 3 heterocycles. The summed E-state index contributed by atoms with van der Waals surface area (Å²) in [7, 11) is -3.76. The molecular formula is C14H12ClN5O2S. The lowest BCUT2D eigenvalue weighted by Crippen LogP contribution is -2.15. The van der Waals surface area contributed by atoms with Gasteiger partial charge in [0, 0.05) is 18.6 Å². The van der Waals surface area contributed by atoms with Crippen LogP contribution in [0.2, 0.25) is 5.15 Å². The third kappa shape index (κ3) is 3.33. The van der Waals surface area contributed by atoms with E-state index in [0.29, 0.717) is 17.1 Å². The Morgan fingerprint density at radius 3 is 2.65 bits per heavy atom. The van der Waals surface area contributed by atoms with Gasteiger partial charge in [0.05, 0.1) is 11.9 Å². The van der Waals surface area contributed by atoms with Crippen molar-refractivity contribution in [1.82, 2.24) is 19.7 Å². The molecule has 0 saturated heterocycles. The van der Waals surface area contributed by atoms with Crippen molar-refractivity contribution in [2.24, 2.45) is 0 Å². The first-order chi connectivity index (χ1) is 11.0. The number of nitrogens with zero attached hydrogens (tertiary/aromatic N) is 4. The Morgan fingerprint density at radius 2 is 2.04 bits per heavy atom. The van der Waals surface area contributed by atoms with E-state index in [1.165, 1.54) is 18.5 Å². The van der Waals surface area contributed by atoms with E-state index in [9.17, 15) is 8.42 Å². The summed E-state index contributed by atoms with van der Waals surface area (Å²) in [6.07, 6.45) is 6.03. The minimum atomic E-state index is -3.76. The topological polar surface area (TPSA) is 89.8 Å². The predicted molar refractivity (Wildman–Crippen MR) is 86.2 cm³/mol. The van der Waals surface area contributed by atoms with Crippen LogP contribution in [0.25, 0.3) is 5.82 Å². The van der Waals surface area contributed by atoms with Gasteiger partial charge in [-0.2, -0.15) is 5.10 Å². The third-order valence-corrected chi connectivity index (χ3v) is 4.78. The average molecular weight is 350 g/mol. The molecule has 0 atom stereocenters. The van der Waals surface area contributed by atoms with E-state index in [-0.39, 0.29) is 10.0 Å². The number of hydrogen-bond donors (Lipinski definition) is 1. The van der Waals surface area contributed by atoms with Crippen molar-refractivity contribution < 1.29 is 8.42 Å². The maximum absolute atomic E-state index is 12.4. The molecule has 0 aliphatic rings. The summed E-state index contributed by atoms with van der Waals surface area (Å²) in [4.78, 5) is 8.05. The number of anilines is 1. The molecule has 3 aromatic rings. The number of aromatic nitrogens is 4. The first kappa shape index (κ1) is 15.4. The number of rotatable bonds is 4. The summed E-state index contributed by atoms with van der Waals surface area (Å²) >= 11 is 5.75. The first-order valence-electron chi connectivity index (χ1n) is 6.57. The summed E-state index contributed by atoms with van der Waals surface area (Å²) < 4.78 is 28.9. The Morgan fingerprint density at radius 1 is 1.22 bits per heavy atom. The second-order valence-corrected chi connectivity index (χ2v) is 6.77. The number of sulfonamides is 1. The van der Waals surface area contributed by atoms with Crippen LogP contribution in [-0.4, -0.2) is 28.2 Å². The second kappa shape index (κ2) is 5.98. The molecule has 0 bridgehead atoms. The van der Waals surface area contributed by atoms with Crippen LogP contribution in [0.4, 0.5) is 5.69 Å². The number of halogens is 1. The van der Waals surface area contributed by atoms with Crippen molar-refractivity contribution in [3.63, 3.8) is 0 Å². The highest BCUT2D eigenvalue weighted by atomic mass is 35.5. The SMILES string of the molecule is Cc1cc(Cl)ncc1S(=O)(=O)Nc1ccc(-n2cccn2)nc1. The van der Waals surface area contributed by atoms with Gasteiger partial charge in [-0.15, -0.1) is 0 Å². The lowest BCUT2D eigenvalue weighted by Gasteiger charge is -2.10. The van der Waals surface area contributed by atoms with Crippen LogP contribution in [0.15, 0.2) is 53.9 Å². The predicted octanol–water partition coefficient (Wildman–Crippen LogP) is 2.42. The molecule has 7 nitrogen and oxygen atoms in total. The van der Waals surface area contributed by atoms with E-state index in [2.05, 4.69) is 19.8 Å². The molecule has 1 N–H and O–H groups in total. The quantitative estimate of drug-likeness (QED) is 0.730. The zero-order valence-electron chi connectivity index (χ0n) is 12.0. The normalized spacial score (nSPS) is 11.4. The number of pyridine rings is 2. The molecule has 0 aliphatic heterocycles. The first-order valence-corrected chi connectivity index (χ1v) is 8.43. The van der Waals surface area contributed by atoms with Gasteiger partial charge in [0.2, 0.25) is 0 Å². The van der Waals surface area contributed by atoms with Crippen LogP contribution in [0.3, 0.4) is 0 Å². The van der Waals surface area contributed by atoms with E-state index in [4.69, 9.17) is 11.6 Å². The van der Waals surface area contributed by atoms with Crippen molar-refractivity contribution in [1.29, 1.82) is 0 Å². The van der Waals surface area contributed by atoms with Crippen LogP contribution in [-0.2, 0) is 10.0 Å². The maximum Gasteiger partial charge on any atom is 0.263 e. The summed E-state index contributed by atoms with van der Waals surface area (Å²) in [5.74, 6) is 0.585. The Kier molecular flexibility index (Phi) is 4.01. The third-order valence-electron chi connectivity index (χ3n) is 3.06. The lowest BCUT2D eigenvalue weighted by atomic mass is 10.3. The Hall–Kier alpha value is -2.45. The van der Waals surface area contributed by atoms with Crippen molar-refractivity contribution in [2.75, 3.05) is 4.72 Å². The Balaban J connectivity index is 1.86. The molecule has 0 aromatic carbocycles. The van der Waals surface area contributed by atoms with Crippen molar-refractivity contribution in [3.8, 4) is 5.82 Å². The Labute approximate surface area is 138 Å². The molecule has 0 aliphatic carbocycles. The van der Waals surface area contributed by atoms with Gasteiger partial charge < -0.3 is 0 Å². The molecule has 9 heteroatoms. The van der Waals surface area contributed by atoms with Crippen LogP contribution in [0.1, 0.15) is 5.56 Å². The average Bonchev–Trinajstić information content (AvgIpc) is 3.01. The Bertz CT molecular complexity index is 924. The fraction of sp³-hybridized carbons (Fsp3) is 0.0714. The summed E-state index contributed by atoms with van der Waals surface area (Å²) in [5, 5.41) is 4.30. The monoisotopic (exact) mass is 349 g/mol. The maximum atomic E-state index is 12.4. The summed E-state index contributed by atoms with van der Waals surface area (Å²) in [6.45, 7) is 1.65. The molecule has 0 fully saturated rings. The fourth-order valence-corrected chi connectivity index (χ4v) is 3.41. The molecule has 0 saturated carbocycles. The van der Waals surface area contributed by atoms with E-state index in [0.717, 1.165) is 0 Å². The highest BCUT2D eigenvalue weighted by Gasteiger charge is 2.18. The van der Waals surface area contributed by atoms with E-state index in [1.807, 2.05) is 0 Å². The smallest absolute Gasteiger partial charge is 0.263 e. The van der Waals surface area contributed by atoms with Crippen LogP contribution >= 0.6 is 11.6 Å². The highest BCUT2D eigenvalue weighted by molar-refractivity contribution is 7.92. The van der Waals surface area contributed by atoms with Crippen molar-refractivity contribution in [3.05, 3.63) is 59.8 Å². The molecule has 118 valence electrons. The van der Waals surface area contributed by atoms with Gasteiger partial charge in [-0.1, -0.05) is 11.6 Å².